The Balaban J connectivity index is 2.79. The van der Waals surface area contributed by atoms with Crippen molar-refractivity contribution < 1.29 is 19.8 Å². The largest absolute Gasteiger partial charge is 0.481 e. The van der Waals surface area contributed by atoms with Gasteiger partial charge in [0.25, 0.3) is 0 Å². The highest BCUT2D eigenvalue weighted by molar-refractivity contribution is 6.30. The summed E-state index contributed by atoms with van der Waals surface area (Å²) in [5.41, 5.74) is 0.634. The molecule has 0 aliphatic heterocycles. The fraction of sp³-hybridized carbons (Fsp3) is 0.200. The Labute approximate surface area is 91.1 Å². The number of carboxylic acids is 2. The van der Waals surface area contributed by atoms with E-state index < -0.39 is 17.9 Å². The van der Waals surface area contributed by atoms with E-state index in [2.05, 4.69) is 0 Å². The molecule has 0 saturated heterocycles. The summed E-state index contributed by atoms with van der Waals surface area (Å²) in [6.07, 6.45) is -0.0398. The molecule has 0 unspecified atom stereocenters. The summed E-state index contributed by atoms with van der Waals surface area (Å²) in [5, 5.41) is 17.8. The maximum absolute atomic E-state index is 10.6. The van der Waals surface area contributed by atoms with Crippen molar-refractivity contribution in [3.05, 3.63) is 34.9 Å². The van der Waals surface area contributed by atoms with E-state index in [-0.39, 0.29) is 6.42 Å². The Morgan fingerprint density at radius 2 is 1.60 bits per heavy atom. The van der Waals surface area contributed by atoms with Gasteiger partial charge in [-0.2, -0.15) is 0 Å². The van der Waals surface area contributed by atoms with Gasteiger partial charge in [0.1, 0.15) is 0 Å². The molecule has 0 aliphatic rings. The third-order valence-electron chi connectivity index (χ3n) is 1.95. The number of hydrogen-bond acceptors (Lipinski definition) is 2. The van der Waals surface area contributed by atoms with E-state index in [9.17, 15) is 9.59 Å². The molecule has 80 valence electrons. The van der Waals surface area contributed by atoms with Crippen LogP contribution in [0, 0.1) is 5.92 Å². The molecular formula is C10H9ClO4. The highest BCUT2D eigenvalue weighted by Crippen LogP contribution is 2.13. The summed E-state index contributed by atoms with van der Waals surface area (Å²) in [6, 6.07) is 6.41. The summed E-state index contributed by atoms with van der Waals surface area (Å²) in [7, 11) is 0. The van der Waals surface area contributed by atoms with E-state index >= 15 is 0 Å². The monoisotopic (exact) mass is 228 g/mol. The second-order valence-electron chi connectivity index (χ2n) is 3.06. The van der Waals surface area contributed by atoms with Crippen molar-refractivity contribution in [2.75, 3.05) is 0 Å². The van der Waals surface area contributed by atoms with Crippen LogP contribution < -0.4 is 0 Å². The van der Waals surface area contributed by atoms with Crippen LogP contribution in [0.15, 0.2) is 24.3 Å². The van der Waals surface area contributed by atoms with Crippen LogP contribution in [0.3, 0.4) is 0 Å². The van der Waals surface area contributed by atoms with Gasteiger partial charge in [0.05, 0.1) is 0 Å². The Morgan fingerprint density at radius 1 is 1.13 bits per heavy atom. The second kappa shape index (κ2) is 4.79. The van der Waals surface area contributed by atoms with Crippen LogP contribution in [-0.4, -0.2) is 22.2 Å². The van der Waals surface area contributed by atoms with Crippen LogP contribution >= 0.6 is 11.6 Å². The molecule has 0 aliphatic carbocycles. The number of aliphatic carboxylic acids is 2. The first-order valence-corrected chi connectivity index (χ1v) is 4.58. The van der Waals surface area contributed by atoms with Crippen molar-refractivity contribution in [2.45, 2.75) is 6.42 Å². The molecule has 4 nitrogen and oxygen atoms in total. The van der Waals surface area contributed by atoms with Gasteiger partial charge in [-0.3, -0.25) is 9.59 Å². The lowest BCUT2D eigenvalue weighted by Crippen LogP contribution is -2.25. The molecule has 0 spiro atoms. The van der Waals surface area contributed by atoms with Gasteiger partial charge in [-0.15, -0.1) is 0 Å². The minimum atomic E-state index is -1.41. The first-order valence-electron chi connectivity index (χ1n) is 4.20. The number of halogens is 1. The average molecular weight is 229 g/mol. The zero-order valence-electron chi connectivity index (χ0n) is 7.68. The summed E-state index contributed by atoms with van der Waals surface area (Å²) in [6.45, 7) is 0. The highest BCUT2D eigenvalue weighted by Gasteiger charge is 2.25. The van der Waals surface area contributed by atoms with E-state index in [0.717, 1.165) is 0 Å². The minimum Gasteiger partial charge on any atom is -0.481 e. The van der Waals surface area contributed by atoms with Gasteiger partial charge in [0, 0.05) is 5.02 Å². The molecule has 2 N–H and O–H groups in total. The van der Waals surface area contributed by atoms with Crippen molar-refractivity contribution in [2.24, 2.45) is 5.92 Å². The maximum atomic E-state index is 10.6. The number of benzene rings is 1. The van der Waals surface area contributed by atoms with E-state index in [4.69, 9.17) is 21.8 Å². The average Bonchev–Trinajstić information content (AvgIpc) is 2.15. The molecule has 15 heavy (non-hydrogen) atoms. The van der Waals surface area contributed by atoms with E-state index in [1.807, 2.05) is 0 Å². The smallest absolute Gasteiger partial charge is 0.318 e. The molecule has 0 radical (unpaired) electrons. The highest BCUT2D eigenvalue weighted by atomic mass is 35.5. The molecule has 0 amide bonds. The lowest BCUT2D eigenvalue weighted by Gasteiger charge is -2.06. The van der Waals surface area contributed by atoms with Crippen LogP contribution in [0.5, 0.6) is 0 Å². The Morgan fingerprint density at radius 3 is 2.00 bits per heavy atom. The van der Waals surface area contributed by atoms with Crippen molar-refractivity contribution in [3.63, 3.8) is 0 Å². The van der Waals surface area contributed by atoms with Gasteiger partial charge < -0.3 is 10.2 Å². The van der Waals surface area contributed by atoms with Crippen LogP contribution in [0.2, 0.25) is 5.02 Å². The summed E-state index contributed by atoms with van der Waals surface area (Å²) in [5.74, 6) is -4.08. The normalized spacial score (nSPS) is 10.3. The molecule has 0 aromatic heterocycles. The Hall–Kier alpha value is -1.55. The molecule has 0 atom stereocenters. The molecule has 0 fully saturated rings. The topological polar surface area (TPSA) is 74.6 Å². The Bertz CT molecular complexity index is 358. The molecule has 0 saturated carbocycles. The molecule has 5 heteroatoms. The molecule has 0 bridgehead atoms. The SMILES string of the molecule is O=C(O)C(Cc1ccc(Cl)cc1)C(=O)O. The van der Waals surface area contributed by atoms with E-state index in [1.165, 1.54) is 0 Å². The zero-order valence-corrected chi connectivity index (χ0v) is 8.44. The third-order valence-corrected chi connectivity index (χ3v) is 2.20. The fourth-order valence-electron chi connectivity index (χ4n) is 1.14. The summed E-state index contributed by atoms with van der Waals surface area (Å²) < 4.78 is 0. The fourth-order valence-corrected chi connectivity index (χ4v) is 1.26. The van der Waals surface area contributed by atoms with Crippen molar-refractivity contribution in [1.82, 2.24) is 0 Å². The van der Waals surface area contributed by atoms with Crippen molar-refractivity contribution in [3.8, 4) is 0 Å². The quantitative estimate of drug-likeness (QED) is 0.769. The molecular weight excluding hydrogens is 220 g/mol. The van der Waals surface area contributed by atoms with E-state index in [0.29, 0.717) is 10.6 Å². The van der Waals surface area contributed by atoms with Gasteiger partial charge in [-0.25, -0.2) is 0 Å². The van der Waals surface area contributed by atoms with Gasteiger partial charge in [0.15, 0.2) is 5.92 Å². The van der Waals surface area contributed by atoms with Crippen molar-refractivity contribution >= 4 is 23.5 Å². The van der Waals surface area contributed by atoms with E-state index in [1.54, 1.807) is 24.3 Å². The van der Waals surface area contributed by atoms with Crippen LogP contribution in [-0.2, 0) is 16.0 Å². The van der Waals surface area contributed by atoms with Gasteiger partial charge in [0.2, 0.25) is 0 Å². The number of carbonyl (C=O) groups is 2. The van der Waals surface area contributed by atoms with Crippen LogP contribution in [0.1, 0.15) is 5.56 Å². The standard InChI is InChI=1S/C10H9ClO4/c11-7-3-1-6(2-4-7)5-8(9(12)13)10(14)15/h1-4,8H,5H2,(H,12,13)(H,14,15). The molecule has 1 rings (SSSR count). The first-order chi connectivity index (χ1) is 7.00. The van der Waals surface area contributed by atoms with Crippen LogP contribution in [0.4, 0.5) is 0 Å². The van der Waals surface area contributed by atoms with Crippen molar-refractivity contribution in [1.29, 1.82) is 0 Å². The zero-order chi connectivity index (χ0) is 11.4. The molecule has 0 heterocycles. The Kier molecular flexibility index (Phi) is 3.68. The van der Waals surface area contributed by atoms with Gasteiger partial charge in [-0.05, 0) is 24.1 Å². The summed E-state index contributed by atoms with van der Waals surface area (Å²) >= 11 is 5.64. The van der Waals surface area contributed by atoms with Gasteiger partial charge >= 0.3 is 11.9 Å². The lowest BCUT2D eigenvalue weighted by atomic mass is 10.00. The second-order valence-corrected chi connectivity index (χ2v) is 3.50. The predicted octanol–water partition coefficient (Wildman–Crippen LogP) is 1.67. The maximum Gasteiger partial charge on any atom is 0.318 e. The first kappa shape index (κ1) is 11.5. The molecule has 1 aromatic carbocycles. The lowest BCUT2D eigenvalue weighted by molar-refractivity contribution is -0.154. The third kappa shape index (κ3) is 3.25. The number of rotatable bonds is 4. The summed E-state index contributed by atoms with van der Waals surface area (Å²) in [4.78, 5) is 21.2. The number of hydrogen-bond donors (Lipinski definition) is 2. The number of carboxylic acid groups (broad SMARTS) is 2. The predicted molar refractivity (Wildman–Crippen MR) is 53.9 cm³/mol. The van der Waals surface area contributed by atoms with Gasteiger partial charge in [-0.1, -0.05) is 23.7 Å². The van der Waals surface area contributed by atoms with Crippen LogP contribution in [0.25, 0.3) is 0 Å². The minimum absolute atomic E-state index is 0.0398. The molecule has 1 aromatic rings.